The molecule has 0 aliphatic rings. The second kappa shape index (κ2) is 7.24. The van der Waals surface area contributed by atoms with Crippen molar-refractivity contribution < 1.29 is 9.15 Å². The van der Waals surface area contributed by atoms with E-state index in [-0.39, 0.29) is 0 Å². The summed E-state index contributed by atoms with van der Waals surface area (Å²) in [5.74, 6) is 1.81. The van der Waals surface area contributed by atoms with Gasteiger partial charge in [0.1, 0.15) is 11.5 Å². The Morgan fingerprint density at radius 2 is 2.23 bits per heavy atom. The summed E-state index contributed by atoms with van der Waals surface area (Å²) in [4.78, 5) is 4.69. The van der Waals surface area contributed by atoms with Gasteiger partial charge in [0.05, 0.1) is 30.6 Å². The maximum Gasteiger partial charge on any atom is 0.119 e. The molecule has 0 atom stereocenters. The minimum atomic E-state index is 0.751. The van der Waals surface area contributed by atoms with Crippen LogP contribution < -0.4 is 10.1 Å². The molecule has 0 unspecified atom stereocenters. The molecule has 3 rings (SSSR count). The summed E-state index contributed by atoms with van der Waals surface area (Å²) >= 11 is 1.69. The van der Waals surface area contributed by atoms with E-state index < -0.39 is 0 Å². The summed E-state index contributed by atoms with van der Waals surface area (Å²) in [6.07, 6.45) is 2.60. The highest BCUT2D eigenvalue weighted by Gasteiger charge is 2.05. The molecule has 0 aliphatic carbocycles. The Bertz CT molecular complexity index is 707. The first-order chi connectivity index (χ1) is 10.8. The van der Waals surface area contributed by atoms with Gasteiger partial charge >= 0.3 is 0 Å². The van der Waals surface area contributed by atoms with Gasteiger partial charge in [-0.2, -0.15) is 0 Å². The first kappa shape index (κ1) is 14.8. The quantitative estimate of drug-likeness (QED) is 0.675. The first-order valence-electron chi connectivity index (χ1n) is 7.17. The number of nitrogens with one attached hydrogen (secondary N) is 1. The fourth-order valence-corrected chi connectivity index (χ4v) is 2.97. The summed E-state index contributed by atoms with van der Waals surface area (Å²) in [6.45, 7) is 1.63. The van der Waals surface area contributed by atoms with E-state index in [1.807, 2.05) is 30.3 Å². The Balaban J connectivity index is 1.54. The Morgan fingerprint density at radius 1 is 1.27 bits per heavy atom. The molecule has 2 aromatic heterocycles. The average Bonchev–Trinajstić information content (AvgIpc) is 3.23. The fourth-order valence-electron chi connectivity index (χ4n) is 2.16. The van der Waals surface area contributed by atoms with Crippen molar-refractivity contribution in [2.24, 2.45) is 0 Å². The van der Waals surface area contributed by atoms with Crippen LogP contribution in [0, 0.1) is 0 Å². The number of ether oxygens (including phenoxy) is 1. The van der Waals surface area contributed by atoms with Gasteiger partial charge in [0.2, 0.25) is 0 Å². The number of aromatic nitrogens is 1. The van der Waals surface area contributed by atoms with Crippen LogP contribution in [0.15, 0.2) is 52.5 Å². The van der Waals surface area contributed by atoms with Crippen LogP contribution in [-0.2, 0) is 13.0 Å². The van der Waals surface area contributed by atoms with Gasteiger partial charge in [0.25, 0.3) is 0 Å². The first-order valence-corrected chi connectivity index (χ1v) is 8.05. The van der Waals surface area contributed by atoms with Gasteiger partial charge in [-0.15, -0.1) is 11.3 Å². The SMILES string of the molecule is COc1cccc(-c2csc(CCNCc3ccco3)n2)c1. The smallest absolute Gasteiger partial charge is 0.119 e. The summed E-state index contributed by atoms with van der Waals surface area (Å²) in [7, 11) is 1.68. The zero-order chi connectivity index (χ0) is 15.2. The van der Waals surface area contributed by atoms with E-state index in [9.17, 15) is 0 Å². The van der Waals surface area contributed by atoms with E-state index >= 15 is 0 Å². The second-order valence-corrected chi connectivity index (χ2v) is 5.81. The maximum atomic E-state index is 5.28. The molecule has 0 spiro atoms. The molecular weight excluding hydrogens is 296 g/mol. The monoisotopic (exact) mass is 314 g/mol. The highest BCUT2D eigenvalue weighted by molar-refractivity contribution is 7.09. The van der Waals surface area contributed by atoms with E-state index in [0.717, 1.165) is 47.3 Å². The van der Waals surface area contributed by atoms with Crippen molar-refractivity contribution in [1.29, 1.82) is 0 Å². The van der Waals surface area contributed by atoms with Gasteiger partial charge in [-0.25, -0.2) is 4.98 Å². The van der Waals surface area contributed by atoms with Crippen LogP contribution in [0.5, 0.6) is 5.75 Å². The molecule has 0 aliphatic heterocycles. The third kappa shape index (κ3) is 3.75. The van der Waals surface area contributed by atoms with Crippen molar-refractivity contribution >= 4 is 11.3 Å². The van der Waals surface area contributed by atoms with E-state index in [4.69, 9.17) is 9.15 Å². The zero-order valence-electron chi connectivity index (χ0n) is 12.4. The summed E-state index contributed by atoms with van der Waals surface area (Å²) in [5, 5.41) is 6.58. The van der Waals surface area contributed by atoms with Crippen LogP contribution in [0.4, 0.5) is 0 Å². The van der Waals surface area contributed by atoms with Crippen molar-refractivity contribution in [2.75, 3.05) is 13.7 Å². The van der Waals surface area contributed by atoms with Crippen LogP contribution in [0.1, 0.15) is 10.8 Å². The molecular formula is C17H18N2O2S. The van der Waals surface area contributed by atoms with Gasteiger partial charge in [0, 0.05) is 23.9 Å². The van der Waals surface area contributed by atoms with E-state index in [1.165, 1.54) is 0 Å². The van der Waals surface area contributed by atoms with Gasteiger partial charge in [0.15, 0.2) is 0 Å². The molecule has 0 saturated carbocycles. The third-order valence-corrected chi connectivity index (χ3v) is 4.22. The van der Waals surface area contributed by atoms with E-state index in [2.05, 4.69) is 21.7 Å². The number of benzene rings is 1. The molecule has 3 aromatic rings. The van der Waals surface area contributed by atoms with Gasteiger partial charge in [-0.1, -0.05) is 12.1 Å². The number of rotatable bonds is 7. The molecule has 0 saturated heterocycles. The molecule has 4 nitrogen and oxygen atoms in total. The molecule has 0 amide bonds. The minimum absolute atomic E-state index is 0.751. The Labute approximate surface area is 133 Å². The second-order valence-electron chi connectivity index (χ2n) is 4.86. The van der Waals surface area contributed by atoms with Crippen molar-refractivity contribution in [3.8, 4) is 17.0 Å². The number of nitrogens with zero attached hydrogens (tertiary/aromatic N) is 1. The lowest BCUT2D eigenvalue weighted by molar-refractivity contribution is 0.415. The van der Waals surface area contributed by atoms with E-state index in [0.29, 0.717) is 0 Å². The number of hydrogen-bond acceptors (Lipinski definition) is 5. The van der Waals surface area contributed by atoms with Gasteiger partial charge < -0.3 is 14.5 Å². The normalized spacial score (nSPS) is 10.8. The number of thiazole rings is 1. The number of hydrogen-bond donors (Lipinski definition) is 1. The zero-order valence-corrected chi connectivity index (χ0v) is 13.2. The Hall–Kier alpha value is -2.11. The molecule has 0 bridgehead atoms. The fraction of sp³-hybridized carbons (Fsp3) is 0.235. The number of methoxy groups -OCH3 is 1. The molecule has 0 fully saturated rings. The molecule has 5 heteroatoms. The third-order valence-electron chi connectivity index (χ3n) is 3.31. The average molecular weight is 314 g/mol. The molecule has 2 heterocycles. The van der Waals surface area contributed by atoms with Crippen molar-refractivity contribution in [3.05, 3.63) is 58.8 Å². The number of furan rings is 1. The lowest BCUT2D eigenvalue weighted by atomic mass is 10.2. The van der Waals surface area contributed by atoms with Crippen LogP contribution in [0.25, 0.3) is 11.3 Å². The molecule has 0 radical (unpaired) electrons. The molecule has 1 aromatic carbocycles. The molecule has 1 N–H and O–H groups in total. The van der Waals surface area contributed by atoms with Crippen LogP contribution in [-0.4, -0.2) is 18.6 Å². The van der Waals surface area contributed by atoms with Crippen LogP contribution in [0.3, 0.4) is 0 Å². The predicted molar refractivity (Wildman–Crippen MR) is 88.2 cm³/mol. The van der Waals surface area contributed by atoms with Gasteiger partial charge in [-0.05, 0) is 24.3 Å². The maximum absolute atomic E-state index is 5.28. The van der Waals surface area contributed by atoms with Crippen molar-refractivity contribution in [1.82, 2.24) is 10.3 Å². The van der Waals surface area contributed by atoms with Crippen LogP contribution in [0.2, 0.25) is 0 Å². The van der Waals surface area contributed by atoms with Crippen molar-refractivity contribution in [3.63, 3.8) is 0 Å². The van der Waals surface area contributed by atoms with Crippen molar-refractivity contribution in [2.45, 2.75) is 13.0 Å². The lowest BCUT2D eigenvalue weighted by Crippen LogP contribution is -2.16. The van der Waals surface area contributed by atoms with Crippen LogP contribution >= 0.6 is 11.3 Å². The highest BCUT2D eigenvalue weighted by Crippen LogP contribution is 2.25. The highest BCUT2D eigenvalue weighted by atomic mass is 32.1. The standard InChI is InChI=1S/C17H18N2O2S/c1-20-14-5-2-4-13(10-14)16-12-22-17(19-16)7-8-18-11-15-6-3-9-21-15/h2-6,9-10,12,18H,7-8,11H2,1H3. The Morgan fingerprint density at radius 3 is 3.05 bits per heavy atom. The lowest BCUT2D eigenvalue weighted by Gasteiger charge is -2.02. The van der Waals surface area contributed by atoms with Gasteiger partial charge in [-0.3, -0.25) is 0 Å². The Kier molecular flexibility index (Phi) is 4.88. The predicted octanol–water partition coefficient (Wildman–Crippen LogP) is 3.74. The summed E-state index contributed by atoms with van der Waals surface area (Å²) < 4.78 is 10.5. The molecule has 114 valence electrons. The summed E-state index contributed by atoms with van der Waals surface area (Å²) in [5.41, 5.74) is 2.09. The van der Waals surface area contributed by atoms with E-state index in [1.54, 1.807) is 24.7 Å². The topological polar surface area (TPSA) is 47.3 Å². The largest absolute Gasteiger partial charge is 0.497 e. The minimum Gasteiger partial charge on any atom is -0.497 e. The summed E-state index contributed by atoms with van der Waals surface area (Å²) in [6, 6.07) is 11.9. The molecule has 22 heavy (non-hydrogen) atoms.